The molecule has 0 fully saturated rings. The van der Waals surface area contributed by atoms with Crippen molar-refractivity contribution in [1.82, 2.24) is 20.1 Å². The lowest BCUT2D eigenvalue weighted by molar-refractivity contribution is -0.113. The van der Waals surface area contributed by atoms with Crippen molar-refractivity contribution in [3.63, 3.8) is 0 Å². The Kier molecular flexibility index (Phi) is 6.22. The van der Waals surface area contributed by atoms with E-state index in [0.717, 1.165) is 0 Å². The summed E-state index contributed by atoms with van der Waals surface area (Å²) in [5.74, 6) is 1.57. The quantitative estimate of drug-likeness (QED) is 0.384. The summed E-state index contributed by atoms with van der Waals surface area (Å²) in [7, 11) is 0. The van der Waals surface area contributed by atoms with Crippen molar-refractivity contribution in [2.45, 2.75) is 18.2 Å². The third-order valence-electron chi connectivity index (χ3n) is 4.25. The molecule has 2 N–H and O–H groups in total. The highest BCUT2D eigenvalue weighted by Gasteiger charge is 2.17. The number of nitrogens with one attached hydrogen (secondary N) is 2. The average molecular weight is 441 g/mol. The molecule has 160 valence electrons. The molecule has 0 unspecified atom stereocenters. The standard InChI is InChI=1S/C20H19N5O5S/c1-2-7-25-17(10-21-19(27)15-4-3-8-28-15)23-24-20(25)31-11-18(26)22-13-5-6-14-16(9-13)30-12-29-14/h2-6,8-9H,1,7,10-12H2,(H,21,27)(H,22,26). The lowest BCUT2D eigenvalue weighted by Gasteiger charge is -2.09. The van der Waals surface area contributed by atoms with Gasteiger partial charge in [0.05, 0.1) is 18.6 Å². The molecule has 3 aromatic rings. The fourth-order valence-electron chi connectivity index (χ4n) is 2.82. The number of allylic oxidation sites excluding steroid dienone is 1. The average Bonchev–Trinajstić information content (AvgIpc) is 3.52. The third kappa shape index (κ3) is 4.89. The van der Waals surface area contributed by atoms with Crippen LogP contribution in [0.2, 0.25) is 0 Å². The Balaban J connectivity index is 1.34. The molecule has 2 amide bonds. The smallest absolute Gasteiger partial charge is 0.287 e. The van der Waals surface area contributed by atoms with Crippen molar-refractivity contribution < 1.29 is 23.5 Å². The summed E-state index contributed by atoms with van der Waals surface area (Å²) in [6.45, 7) is 4.51. The van der Waals surface area contributed by atoms with E-state index in [-0.39, 0.29) is 36.7 Å². The summed E-state index contributed by atoms with van der Waals surface area (Å²) in [5, 5.41) is 14.4. The number of ether oxygens (including phenoxy) is 2. The molecule has 1 aromatic carbocycles. The highest BCUT2D eigenvalue weighted by atomic mass is 32.2. The minimum Gasteiger partial charge on any atom is -0.459 e. The molecule has 0 bridgehead atoms. The van der Waals surface area contributed by atoms with E-state index in [2.05, 4.69) is 27.4 Å². The fraction of sp³-hybridized carbons (Fsp3) is 0.200. The SMILES string of the molecule is C=CCn1c(CNC(=O)c2ccco2)nnc1SCC(=O)Nc1ccc2c(c1)OCO2. The summed E-state index contributed by atoms with van der Waals surface area (Å²) in [6.07, 6.45) is 3.12. The Morgan fingerprint density at radius 2 is 2.10 bits per heavy atom. The molecule has 0 atom stereocenters. The van der Waals surface area contributed by atoms with Crippen LogP contribution in [0.1, 0.15) is 16.4 Å². The first-order valence-corrected chi connectivity index (χ1v) is 10.3. The van der Waals surface area contributed by atoms with Gasteiger partial charge in [0, 0.05) is 18.3 Å². The highest BCUT2D eigenvalue weighted by molar-refractivity contribution is 7.99. The van der Waals surface area contributed by atoms with Crippen molar-refractivity contribution in [3.8, 4) is 11.5 Å². The molecule has 0 saturated heterocycles. The van der Waals surface area contributed by atoms with Crippen LogP contribution >= 0.6 is 11.8 Å². The maximum absolute atomic E-state index is 12.4. The van der Waals surface area contributed by atoms with Crippen molar-refractivity contribution in [2.75, 3.05) is 17.9 Å². The first-order valence-electron chi connectivity index (χ1n) is 9.31. The van der Waals surface area contributed by atoms with Crippen LogP contribution in [0.25, 0.3) is 0 Å². The Bertz CT molecular complexity index is 1100. The summed E-state index contributed by atoms with van der Waals surface area (Å²) in [6, 6.07) is 8.42. The van der Waals surface area contributed by atoms with Crippen LogP contribution in [0, 0.1) is 0 Å². The van der Waals surface area contributed by atoms with Crippen LogP contribution in [0.3, 0.4) is 0 Å². The van der Waals surface area contributed by atoms with Gasteiger partial charge in [-0.25, -0.2) is 0 Å². The molecule has 3 heterocycles. The summed E-state index contributed by atoms with van der Waals surface area (Å²) in [5.41, 5.74) is 0.615. The zero-order valence-electron chi connectivity index (χ0n) is 16.4. The van der Waals surface area contributed by atoms with E-state index in [9.17, 15) is 9.59 Å². The van der Waals surface area contributed by atoms with Gasteiger partial charge >= 0.3 is 0 Å². The number of benzene rings is 1. The van der Waals surface area contributed by atoms with Gasteiger partial charge < -0.3 is 29.1 Å². The Morgan fingerprint density at radius 3 is 2.90 bits per heavy atom. The van der Waals surface area contributed by atoms with E-state index in [4.69, 9.17) is 13.9 Å². The van der Waals surface area contributed by atoms with Gasteiger partial charge in [-0.05, 0) is 24.3 Å². The van der Waals surface area contributed by atoms with Gasteiger partial charge in [-0.1, -0.05) is 17.8 Å². The number of thioether (sulfide) groups is 1. The van der Waals surface area contributed by atoms with Gasteiger partial charge in [-0.3, -0.25) is 9.59 Å². The number of carbonyl (C=O) groups excluding carboxylic acids is 2. The van der Waals surface area contributed by atoms with Crippen molar-refractivity contribution in [2.24, 2.45) is 0 Å². The molecular weight excluding hydrogens is 422 g/mol. The first kappa shape index (κ1) is 20.5. The number of nitrogens with zero attached hydrogens (tertiary/aromatic N) is 3. The maximum atomic E-state index is 12.4. The second-order valence-electron chi connectivity index (χ2n) is 6.36. The van der Waals surface area contributed by atoms with E-state index < -0.39 is 0 Å². The zero-order chi connectivity index (χ0) is 21.6. The van der Waals surface area contributed by atoms with Gasteiger partial charge in [0.15, 0.2) is 28.2 Å². The lowest BCUT2D eigenvalue weighted by atomic mass is 10.3. The van der Waals surface area contributed by atoms with E-state index in [1.54, 1.807) is 41.0 Å². The Labute approximate surface area is 181 Å². The maximum Gasteiger partial charge on any atom is 0.287 e. The monoisotopic (exact) mass is 441 g/mol. The molecule has 0 saturated carbocycles. The summed E-state index contributed by atoms with van der Waals surface area (Å²) >= 11 is 1.24. The molecule has 31 heavy (non-hydrogen) atoms. The second-order valence-corrected chi connectivity index (χ2v) is 7.31. The van der Waals surface area contributed by atoms with E-state index >= 15 is 0 Å². The molecule has 1 aliphatic heterocycles. The van der Waals surface area contributed by atoms with Gasteiger partial charge in [-0.15, -0.1) is 16.8 Å². The Morgan fingerprint density at radius 1 is 1.23 bits per heavy atom. The minimum absolute atomic E-state index is 0.127. The molecule has 2 aromatic heterocycles. The first-order chi connectivity index (χ1) is 15.1. The number of aromatic nitrogens is 3. The molecule has 4 rings (SSSR count). The molecule has 1 aliphatic rings. The number of fused-ring (bicyclic) bond motifs is 1. The van der Waals surface area contributed by atoms with E-state index in [1.165, 1.54) is 18.0 Å². The number of hydrogen-bond acceptors (Lipinski definition) is 8. The lowest BCUT2D eigenvalue weighted by Crippen LogP contribution is -2.24. The van der Waals surface area contributed by atoms with Crippen molar-refractivity contribution >= 4 is 29.3 Å². The molecule has 0 spiro atoms. The minimum atomic E-state index is -0.351. The largest absolute Gasteiger partial charge is 0.459 e. The van der Waals surface area contributed by atoms with Crippen LogP contribution in [0.4, 0.5) is 5.69 Å². The molecule has 10 nitrogen and oxygen atoms in total. The van der Waals surface area contributed by atoms with Gasteiger partial charge in [0.1, 0.15) is 0 Å². The van der Waals surface area contributed by atoms with Crippen molar-refractivity contribution in [1.29, 1.82) is 0 Å². The van der Waals surface area contributed by atoms with Crippen LogP contribution in [0.5, 0.6) is 11.5 Å². The molecule has 0 aliphatic carbocycles. The number of anilines is 1. The summed E-state index contributed by atoms with van der Waals surface area (Å²) in [4.78, 5) is 24.4. The Hall–Kier alpha value is -3.73. The number of furan rings is 1. The molecular formula is C20H19N5O5S. The van der Waals surface area contributed by atoms with Crippen LogP contribution in [0.15, 0.2) is 58.8 Å². The van der Waals surface area contributed by atoms with Crippen molar-refractivity contribution in [3.05, 3.63) is 60.8 Å². The van der Waals surface area contributed by atoms with Crippen LogP contribution < -0.4 is 20.1 Å². The van der Waals surface area contributed by atoms with Crippen LogP contribution in [-0.4, -0.2) is 39.1 Å². The van der Waals surface area contributed by atoms with Gasteiger partial charge in [0.25, 0.3) is 5.91 Å². The third-order valence-corrected chi connectivity index (χ3v) is 5.21. The number of hydrogen-bond donors (Lipinski definition) is 2. The normalized spacial score (nSPS) is 11.9. The topological polar surface area (TPSA) is 121 Å². The van der Waals surface area contributed by atoms with Gasteiger partial charge in [-0.2, -0.15) is 0 Å². The van der Waals surface area contributed by atoms with E-state index in [0.29, 0.717) is 34.7 Å². The highest BCUT2D eigenvalue weighted by Crippen LogP contribution is 2.34. The van der Waals surface area contributed by atoms with E-state index in [1.807, 2.05) is 0 Å². The molecule has 11 heteroatoms. The predicted octanol–water partition coefficient (Wildman–Crippen LogP) is 2.45. The number of carbonyl (C=O) groups is 2. The van der Waals surface area contributed by atoms with Gasteiger partial charge in [0.2, 0.25) is 12.7 Å². The molecule has 0 radical (unpaired) electrons. The van der Waals surface area contributed by atoms with Crippen LogP contribution in [-0.2, 0) is 17.9 Å². The predicted molar refractivity (Wildman–Crippen MR) is 112 cm³/mol. The second kappa shape index (κ2) is 9.39. The number of amides is 2. The summed E-state index contributed by atoms with van der Waals surface area (Å²) < 4.78 is 17.4. The zero-order valence-corrected chi connectivity index (χ0v) is 17.2. The fourth-order valence-corrected chi connectivity index (χ4v) is 3.59. The number of rotatable bonds is 9.